The van der Waals surface area contributed by atoms with Crippen molar-refractivity contribution in [3.63, 3.8) is 0 Å². The average molecular weight is 317 g/mol. The number of nitrogens with zero attached hydrogens (tertiary/aromatic N) is 1. The van der Waals surface area contributed by atoms with Gasteiger partial charge in [-0.1, -0.05) is 23.8 Å². The Hall–Kier alpha value is -1.84. The first-order valence-corrected chi connectivity index (χ1v) is 8.28. The number of rotatable bonds is 1. The highest BCUT2D eigenvalue weighted by Gasteiger charge is 2.42. The molecule has 1 aromatic carbocycles. The zero-order valence-electron chi connectivity index (χ0n) is 14.0. The van der Waals surface area contributed by atoms with Crippen molar-refractivity contribution in [3.8, 4) is 0 Å². The van der Waals surface area contributed by atoms with Gasteiger partial charge in [0.05, 0.1) is 0 Å². The molecule has 2 bridgehead atoms. The summed E-state index contributed by atoms with van der Waals surface area (Å²) < 4.78 is 18.5. The lowest BCUT2D eigenvalue weighted by atomic mass is 9.95. The molecule has 2 heterocycles. The fourth-order valence-corrected chi connectivity index (χ4v) is 3.58. The lowest BCUT2D eigenvalue weighted by molar-refractivity contribution is 0.0116. The maximum absolute atomic E-state index is 13.0. The van der Waals surface area contributed by atoms with E-state index in [4.69, 9.17) is 4.74 Å². The van der Waals surface area contributed by atoms with Gasteiger partial charge >= 0.3 is 6.09 Å². The summed E-state index contributed by atoms with van der Waals surface area (Å²) in [5.41, 5.74) is 1.90. The predicted octanol–water partition coefficient (Wildman–Crippen LogP) is 4.77. The summed E-state index contributed by atoms with van der Waals surface area (Å²) in [7, 11) is 0. The van der Waals surface area contributed by atoms with Crippen LogP contribution in [0.25, 0.3) is 6.08 Å². The van der Waals surface area contributed by atoms with Gasteiger partial charge in [0.1, 0.15) is 11.4 Å². The number of hydrogen-bond donors (Lipinski definition) is 0. The number of amides is 1. The summed E-state index contributed by atoms with van der Waals surface area (Å²) in [4.78, 5) is 14.4. The van der Waals surface area contributed by atoms with Crippen LogP contribution in [-0.4, -0.2) is 28.7 Å². The van der Waals surface area contributed by atoms with E-state index in [1.807, 2.05) is 25.7 Å². The van der Waals surface area contributed by atoms with Gasteiger partial charge in [-0.2, -0.15) is 0 Å². The second-order valence-corrected chi connectivity index (χ2v) is 7.53. The molecule has 124 valence electrons. The number of ether oxygens (including phenoxy) is 1. The van der Waals surface area contributed by atoms with Gasteiger partial charge in [0.15, 0.2) is 0 Å². The van der Waals surface area contributed by atoms with Crippen molar-refractivity contribution >= 4 is 12.2 Å². The van der Waals surface area contributed by atoms with Crippen LogP contribution >= 0.6 is 0 Å². The average Bonchev–Trinajstić information content (AvgIpc) is 2.72. The Morgan fingerprint density at radius 3 is 2.26 bits per heavy atom. The van der Waals surface area contributed by atoms with Crippen LogP contribution in [-0.2, 0) is 4.74 Å². The normalized spacial score (nSPS) is 23.8. The zero-order chi connectivity index (χ0) is 16.6. The first-order valence-electron chi connectivity index (χ1n) is 8.28. The molecule has 3 rings (SSSR count). The largest absolute Gasteiger partial charge is 0.444 e. The lowest BCUT2D eigenvalue weighted by Gasteiger charge is -2.37. The highest BCUT2D eigenvalue weighted by atomic mass is 19.1. The molecule has 4 heteroatoms. The van der Waals surface area contributed by atoms with Gasteiger partial charge in [0.25, 0.3) is 0 Å². The molecule has 0 N–H and O–H groups in total. The van der Waals surface area contributed by atoms with Crippen molar-refractivity contribution in [2.75, 3.05) is 0 Å². The molecule has 2 fully saturated rings. The number of carbonyl (C=O) groups excluding carboxylic acids is 1. The van der Waals surface area contributed by atoms with Gasteiger partial charge in [-0.05, 0) is 64.2 Å². The quantitative estimate of drug-likeness (QED) is 0.746. The van der Waals surface area contributed by atoms with Gasteiger partial charge in [0, 0.05) is 12.1 Å². The molecule has 2 unspecified atom stereocenters. The molecule has 0 spiro atoms. The van der Waals surface area contributed by atoms with Crippen molar-refractivity contribution in [1.82, 2.24) is 4.90 Å². The summed E-state index contributed by atoms with van der Waals surface area (Å²) in [6, 6.07) is 7.02. The van der Waals surface area contributed by atoms with Gasteiger partial charge in [-0.3, -0.25) is 0 Å². The Bertz CT molecular complexity index is 599. The summed E-state index contributed by atoms with van der Waals surface area (Å²) in [5.74, 6) is -0.216. The van der Waals surface area contributed by atoms with Crippen LogP contribution in [0.15, 0.2) is 29.8 Å². The zero-order valence-corrected chi connectivity index (χ0v) is 14.0. The van der Waals surface area contributed by atoms with Crippen LogP contribution in [0.4, 0.5) is 9.18 Å². The highest BCUT2D eigenvalue weighted by molar-refractivity contribution is 5.70. The van der Waals surface area contributed by atoms with Gasteiger partial charge < -0.3 is 9.64 Å². The molecule has 0 aliphatic carbocycles. The van der Waals surface area contributed by atoms with E-state index in [2.05, 4.69) is 6.08 Å². The Labute approximate surface area is 137 Å². The lowest BCUT2D eigenvalue weighted by Crippen LogP contribution is -2.46. The number of hydrogen-bond acceptors (Lipinski definition) is 2. The molecule has 1 amide bonds. The van der Waals surface area contributed by atoms with Gasteiger partial charge in [0.2, 0.25) is 0 Å². The van der Waals surface area contributed by atoms with E-state index in [0.717, 1.165) is 31.2 Å². The molecule has 1 aromatic rings. The van der Waals surface area contributed by atoms with Gasteiger partial charge in [-0.25, -0.2) is 9.18 Å². The van der Waals surface area contributed by atoms with Crippen LogP contribution in [0.2, 0.25) is 0 Å². The van der Waals surface area contributed by atoms with Crippen molar-refractivity contribution < 1.29 is 13.9 Å². The first-order chi connectivity index (χ1) is 10.8. The maximum atomic E-state index is 13.0. The van der Waals surface area contributed by atoms with Crippen molar-refractivity contribution in [3.05, 3.63) is 41.2 Å². The molecule has 2 aliphatic heterocycles. The number of fused-ring (bicyclic) bond motifs is 2. The Morgan fingerprint density at radius 2 is 1.74 bits per heavy atom. The standard InChI is InChI=1S/C19H24FNO2/c1-19(2,3)23-18(22)21-16-8-9-17(21)12-14(11-16)10-13-4-6-15(20)7-5-13/h4-7,10,16-17H,8-9,11-12H2,1-3H3. The topological polar surface area (TPSA) is 29.5 Å². The van der Waals surface area contributed by atoms with Crippen molar-refractivity contribution in [1.29, 1.82) is 0 Å². The Balaban J connectivity index is 1.71. The van der Waals surface area contributed by atoms with Crippen LogP contribution in [0, 0.1) is 5.82 Å². The smallest absolute Gasteiger partial charge is 0.410 e. The maximum Gasteiger partial charge on any atom is 0.410 e. The first kappa shape index (κ1) is 16.0. The fourth-order valence-electron chi connectivity index (χ4n) is 3.58. The van der Waals surface area contributed by atoms with Gasteiger partial charge in [-0.15, -0.1) is 0 Å². The molecule has 3 nitrogen and oxygen atoms in total. The number of benzene rings is 1. The summed E-state index contributed by atoms with van der Waals surface area (Å²) >= 11 is 0. The molecule has 23 heavy (non-hydrogen) atoms. The number of piperidine rings is 1. The van der Waals surface area contributed by atoms with Crippen LogP contribution in [0.3, 0.4) is 0 Å². The predicted molar refractivity (Wildman–Crippen MR) is 88.5 cm³/mol. The molecule has 0 aromatic heterocycles. The van der Waals surface area contributed by atoms with Crippen LogP contribution in [0.1, 0.15) is 52.0 Å². The highest BCUT2D eigenvalue weighted by Crippen LogP contribution is 2.39. The third-order valence-corrected chi connectivity index (χ3v) is 4.46. The molecular formula is C19H24FNO2. The third-order valence-electron chi connectivity index (χ3n) is 4.46. The van der Waals surface area contributed by atoms with Crippen molar-refractivity contribution in [2.24, 2.45) is 0 Å². The molecule has 0 saturated carbocycles. The minimum Gasteiger partial charge on any atom is -0.444 e. The molecule has 2 saturated heterocycles. The van der Waals surface area contributed by atoms with E-state index in [9.17, 15) is 9.18 Å². The summed E-state index contributed by atoms with van der Waals surface area (Å²) in [6.07, 6.45) is 5.78. The summed E-state index contributed by atoms with van der Waals surface area (Å²) in [5, 5.41) is 0. The van der Waals surface area contributed by atoms with E-state index in [0.29, 0.717) is 0 Å². The van der Waals surface area contributed by atoms with E-state index in [-0.39, 0.29) is 24.0 Å². The molecule has 2 aliphatic rings. The molecular weight excluding hydrogens is 293 g/mol. The fraction of sp³-hybridized carbons (Fsp3) is 0.526. The minimum atomic E-state index is -0.458. The van der Waals surface area contributed by atoms with E-state index in [1.165, 1.54) is 17.7 Å². The van der Waals surface area contributed by atoms with E-state index in [1.54, 1.807) is 12.1 Å². The Kier molecular flexibility index (Phi) is 4.17. The van der Waals surface area contributed by atoms with E-state index >= 15 is 0 Å². The molecule has 0 radical (unpaired) electrons. The monoisotopic (exact) mass is 317 g/mol. The second-order valence-electron chi connectivity index (χ2n) is 7.53. The SMILES string of the molecule is CC(C)(C)OC(=O)N1C2CCC1CC(=Cc1ccc(F)cc1)C2. The third kappa shape index (κ3) is 3.74. The van der Waals surface area contributed by atoms with E-state index < -0.39 is 5.60 Å². The van der Waals surface area contributed by atoms with Crippen LogP contribution < -0.4 is 0 Å². The number of halogens is 1. The minimum absolute atomic E-state index is 0.189. The Morgan fingerprint density at radius 1 is 1.17 bits per heavy atom. The van der Waals surface area contributed by atoms with Crippen LogP contribution in [0.5, 0.6) is 0 Å². The van der Waals surface area contributed by atoms with Crippen molar-refractivity contribution in [2.45, 2.75) is 64.1 Å². The number of carbonyl (C=O) groups is 1. The summed E-state index contributed by atoms with van der Waals surface area (Å²) in [6.45, 7) is 5.70. The second kappa shape index (κ2) is 5.99. The molecule has 2 atom stereocenters.